The Hall–Kier alpha value is -2.24. The standard InChI is InChI=1S/C17H20N2O4/c1-16(2)12-8-9-17(16,3)14(10-12)18-23-15(20)11-4-6-13(7-5-11)19(21)22/h4-7,12H,8-10H2,1-3H3/b18-14-. The third-order valence-electron chi connectivity index (χ3n) is 6.06. The van der Waals surface area contributed by atoms with Gasteiger partial charge in [-0.3, -0.25) is 10.1 Å². The Morgan fingerprint density at radius 1 is 1.30 bits per heavy atom. The molecule has 23 heavy (non-hydrogen) atoms. The van der Waals surface area contributed by atoms with Gasteiger partial charge in [-0.25, -0.2) is 4.79 Å². The van der Waals surface area contributed by atoms with Crippen LogP contribution in [0.25, 0.3) is 0 Å². The van der Waals surface area contributed by atoms with Gasteiger partial charge in [0.2, 0.25) is 0 Å². The van der Waals surface area contributed by atoms with Crippen molar-refractivity contribution in [2.24, 2.45) is 21.9 Å². The summed E-state index contributed by atoms with van der Waals surface area (Å²) in [6.45, 7) is 6.70. The Bertz CT molecular complexity index is 693. The SMILES string of the molecule is CC12CCC(C/C1=N/OC(=O)c1ccc([N+](=O)[O-])cc1)C2(C)C. The third kappa shape index (κ3) is 2.33. The summed E-state index contributed by atoms with van der Waals surface area (Å²) < 4.78 is 0. The van der Waals surface area contributed by atoms with Gasteiger partial charge in [-0.05, 0) is 42.7 Å². The van der Waals surface area contributed by atoms with Crippen LogP contribution in [0.3, 0.4) is 0 Å². The molecule has 2 atom stereocenters. The fourth-order valence-corrected chi connectivity index (χ4v) is 3.93. The number of rotatable bonds is 3. The van der Waals surface area contributed by atoms with E-state index in [9.17, 15) is 14.9 Å². The van der Waals surface area contributed by atoms with Gasteiger partial charge >= 0.3 is 5.97 Å². The lowest BCUT2D eigenvalue weighted by atomic mass is 9.70. The average Bonchev–Trinajstić information content (AvgIpc) is 2.85. The Labute approximate surface area is 134 Å². The Balaban J connectivity index is 1.73. The first-order valence-electron chi connectivity index (χ1n) is 7.79. The third-order valence-corrected chi connectivity index (χ3v) is 6.06. The molecular formula is C17H20N2O4. The van der Waals surface area contributed by atoms with Crippen LogP contribution in [0.1, 0.15) is 50.4 Å². The maximum atomic E-state index is 12.1. The van der Waals surface area contributed by atoms with Crippen LogP contribution in [0.5, 0.6) is 0 Å². The number of carbonyl (C=O) groups excluding carboxylic acids is 1. The molecule has 2 aliphatic rings. The number of nitrogens with zero attached hydrogens (tertiary/aromatic N) is 2. The molecule has 0 N–H and O–H groups in total. The van der Waals surface area contributed by atoms with E-state index in [4.69, 9.17) is 4.84 Å². The molecule has 1 aromatic rings. The highest BCUT2D eigenvalue weighted by molar-refractivity contribution is 5.95. The number of non-ortho nitro benzene ring substituents is 1. The van der Waals surface area contributed by atoms with Crippen LogP contribution in [0, 0.1) is 26.9 Å². The van der Waals surface area contributed by atoms with Crippen molar-refractivity contribution in [2.75, 3.05) is 0 Å². The lowest BCUT2D eigenvalue weighted by Gasteiger charge is -2.34. The summed E-state index contributed by atoms with van der Waals surface area (Å²) in [5.41, 5.74) is 1.30. The predicted molar refractivity (Wildman–Crippen MR) is 85.2 cm³/mol. The van der Waals surface area contributed by atoms with E-state index in [0.717, 1.165) is 18.6 Å². The predicted octanol–water partition coefficient (Wildman–Crippen LogP) is 3.95. The fraction of sp³-hybridized carbons (Fsp3) is 0.529. The monoisotopic (exact) mass is 316 g/mol. The molecule has 2 aliphatic carbocycles. The van der Waals surface area contributed by atoms with Crippen molar-refractivity contribution in [3.8, 4) is 0 Å². The Kier molecular flexibility index (Phi) is 3.50. The number of oxime groups is 1. The highest BCUT2D eigenvalue weighted by atomic mass is 16.7. The molecule has 122 valence electrons. The Morgan fingerprint density at radius 3 is 2.43 bits per heavy atom. The molecule has 2 saturated carbocycles. The van der Waals surface area contributed by atoms with E-state index < -0.39 is 10.9 Å². The molecule has 0 radical (unpaired) electrons. The van der Waals surface area contributed by atoms with Crippen molar-refractivity contribution in [3.05, 3.63) is 39.9 Å². The number of nitro groups is 1. The van der Waals surface area contributed by atoms with E-state index in [1.165, 1.54) is 30.7 Å². The summed E-state index contributed by atoms with van der Waals surface area (Å²) in [5.74, 6) is 0.000837. The molecule has 3 rings (SSSR count). The van der Waals surface area contributed by atoms with Crippen LogP contribution < -0.4 is 0 Å². The summed E-state index contributed by atoms with van der Waals surface area (Å²) in [7, 11) is 0. The van der Waals surface area contributed by atoms with Gasteiger partial charge in [-0.2, -0.15) is 0 Å². The summed E-state index contributed by atoms with van der Waals surface area (Å²) in [5, 5.41) is 14.8. The van der Waals surface area contributed by atoms with Gasteiger partial charge in [0.05, 0.1) is 16.2 Å². The molecule has 0 aliphatic heterocycles. The molecule has 2 unspecified atom stereocenters. The normalized spacial score (nSPS) is 29.7. The highest BCUT2D eigenvalue weighted by Gasteiger charge is 2.60. The van der Waals surface area contributed by atoms with Crippen molar-refractivity contribution < 1.29 is 14.6 Å². The molecule has 0 amide bonds. The number of hydrogen-bond acceptors (Lipinski definition) is 5. The molecule has 1 aromatic carbocycles. The summed E-state index contributed by atoms with van der Waals surface area (Å²) in [6, 6.07) is 5.33. The van der Waals surface area contributed by atoms with Gasteiger partial charge in [0.25, 0.3) is 5.69 Å². The number of carbonyl (C=O) groups is 1. The number of benzene rings is 1. The van der Waals surface area contributed by atoms with E-state index in [1.54, 1.807) is 0 Å². The molecular weight excluding hydrogens is 296 g/mol. The van der Waals surface area contributed by atoms with Gasteiger partial charge in [0.1, 0.15) is 0 Å². The molecule has 2 bridgehead atoms. The van der Waals surface area contributed by atoms with Crippen LogP contribution in [0.2, 0.25) is 0 Å². The van der Waals surface area contributed by atoms with Crippen LogP contribution >= 0.6 is 0 Å². The molecule has 6 nitrogen and oxygen atoms in total. The Morgan fingerprint density at radius 2 is 1.96 bits per heavy atom. The van der Waals surface area contributed by atoms with Crippen molar-refractivity contribution in [3.63, 3.8) is 0 Å². The maximum absolute atomic E-state index is 12.1. The summed E-state index contributed by atoms with van der Waals surface area (Å²) >= 11 is 0. The molecule has 0 heterocycles. The number of nitro benzene ring substituents is 1. The fourth-order valence-electron chi connectivity index (χ4n) is 3.93. The van der Waals surface area contributed by atoms with Gasteiger partial charge in [0.15, 0.2) is 0 Å². The van der Waals surface area contributed by atoms with E-state index >= 15 is 0 Å². The largest absolute Gasteiger partial charge is 0.365 e. The van der Waals surface area contributed by atoms with Gasteiger partial charge < -0.3 is 4.84 Å². The van der Waals surface area contributed by atoms with Crippen LogP contribution in [0.4, 0.5) is 5.69 Å². The second-order valence-electron chi connectivity index (χ2n) is 7.21. The first kappa shape index (κ1) is 15.6. The lowest BCUT2D eigenvalue weighted by Crippen LogP contribution is -2.32. The molecule has 6 heteroatoms. The molecule has 0 saturated heterocycles. The van der Waals surface area contributed by atoms with Crippen LogP contribution in [0.15, 0.2) is 29.4 Å². The minimum Gasteiger partial charge on any atom is -0.313 e. The maximum Gasteiger partial charge on any atom is 0.365 e. The summed E-state index contributed by atoms with van der Waals surface area (Å²) in [4.78, 5) is 27.3. The highest BCUT2D eigenvalue weighted by Crippen LogP contribution is 2.63. The zero-order chi connectivity index (χ0) is 16.8. The molecule has 2 fully saturated rings. The van der Waals surface area contributed by atoms with Crippen LogP contribution in [-0.4, -0.2) is 16.6 Å². The zero-order valence-corrected chi connectivity index (χ0v) is 13.5. The molecule has 0 aromatic heterocycles. The second-order valence-corrected chi connectivity index (χ2v) is 7.21. The van der Waals surface area contributed by atoms with E-state index in [-0.39, 0.29) is 22.1 Å². The lowest BCUT2D eigenvalue weighted by molar-refractivity contribution is -0.384. The number of hydrogen-bond donors (Lipinski definition) is 0. The van der Waals surface area contributed by atoms with E-state index in [1.807, 2.05) is 0 Å². The van der Waals surface area contributed by atoms with Gasteiger partial charge in [-0.15, -0.1) is 0 Å². The average molecular weight is 316 g/mol. The van der Waals surface area contributed by atoms with Crippen LogP contribution in [-0.2, 0) is 4.84 Å². The van der Waals surface area contributed by atoms with Gasteiger partial charge in [0, 0.05) is 17.5 Å². The smallest absolute Gasteiger partial charge is 0.313 e. The summed E-state index contributed by atoms with van der Waals surface area (Å²) in [6.07, 6.45) is 3.13. The van der Waals surface area contributed by atoms with Crippen molar-refractivity contribution in [1.82, 2.24) is 0 Å². The number of fused-ring (bicyclic) bond motifs is 2. The first-order valence-corrected chi connectivity index (χ1v) is 7.79. The van der Waals surface area contributed by atoms with Crippen molar-refractivity contribution >= 4 is 17.4 Å². The van der Waals surface area contributed by atoms with E-state index in [2.05, 4.69) is 25.9 Å². The molecule has 0 spiro atoms. The van der Waals surface area contributed by atoms with Gasteiger partial charge in [-0.1, -0.05) is 25.9 Å². The minimum atomic E-state index is -0.587. The van der Waals surface area contributed by atoms with Crippen molar-refractivity contribution in [2.45, 2.75) is 40.0 Å². The topological polar surface area (TPSA) is 81.8 Å². The second kappa shape index (κ2) is 5.15. The van der Waals surface area contributed by atoms with E-state index in [0.29, 0.717) is 5.92 Å². The van der Waals surface area contributed by atoms with Crippen molar-refractivity contribution in [1.29, 1.82) is 0 Å². The minimum absolute atomic E-state index is 0.0204. The zero-order valence-electron chi connectivity index (χ0n) is 13.5. The first-order chi connectivity index (χ1) is 10.8. The quantitative estimate of drug-likeness (QED) is 0.480.